The summed E-state index contributed by atoms with van der Waals surface area (Å²) in [6.45, 7) is 0.973. The molecule has 0 aromatic rings. The summed E-state index contributed by atoms with van der Waals surface area (Å²) in [5, 5.41) is 13.3. The van der Waals surface area contributed by atoms with Gasteiger partial charge in [-0.05, 0) is 0 Å². The molecule has 1 amide bonds. The Balaban J connectivity index is 2.11. The number of hydrogen-bond donors (Lipinski definition) is 3. The van der Waals surface area contributed by atoms with Crippen LogP contribution >= 0.6 is 0 Å². The van der Waals surface area contributed by atoms with Gasteiger partial charge in [0.1, 0.15) is 12.1 Å². The van der Waals surface area contributed by atoms with Gasteiger partial charge in [0, 0.05) is 19.5 Å². The zero-order valence-corrected chi connectivity index (χ0v) is 6.99. The van der Waals surface area contributed by atoms with E-state index in [0.29, 0.717) is 19.5 Å². The zero-order valence-electron chi connectivity index (χ0n) is 6.99. The van der Waals surface area contributed by atoms with Gasteiger partial charge in [0.25, 0.3) is 0 Å². The lowest BCUT2D eigenvalue weighted by Gasteiger charge is -2.30. The Morgan fingerprint density at radius 3 is 3.08 bits per heavy atom. The SMILES string of the molecule is O=C1CCN2NCC(C(=O)O)C2N1. The highest BCUT2D eigenvalue weighted by Gasteiger charge is 2.41. The average molecular weight is 185 g/mol. The minimum atomic E-state index is -0.873. The lowest BCUT2D eigenvalue weighted by Crippen LogP contribution is -2.56. The number of hydrazine groups is 1. The van der Waals surface area contributed by atoms with Crippen molar-refractivity contribution in [2.24, 2.45) is 5.92 Å². The summed E-state index contributed by atoms with van der Waals surface area (Å²) in [6, 6.07) is 0. The number of carbonyl (C=O) groups excluding carboxylic acids is 1. The molecule has 0 aromatic heterocycles. The lowest BCUT2D eigenvalue weighted by molar-refractivity contribution is -0.143. The Bertz CT molecular complexity index is 255. The summed E-state index contributed by atoms with van der Waals surface area (Å²) in [7, 11) is 0. The molecule has 0 bridgehead atoms. The number of carboxylic acids is 1. The predicted molar refractivity (Wildman–Crippen MR) is 42.4 cm³/mol. The highest BCUT2D eigenvalue weighted by Crippen LogP contribution is 2.17. The summed E-state index contributed by atoms with van der Waals surface area (Å²) < 4.78 is 0. The van der Waals surface area contributed by atoms with Gasteiger partial charge in [0.15, 0.2) is 0 Å². The summed E-state index contributed by atoms with van der Waals surface area (Å²) in [6.07, 6.45) is 0.0503. The number of aliphatic carboxylic acids is 1. The standard InChI is InChI=1S/C7H11N3O3/c11-5-1-2-10-6(9-5)4(3-8-10)7(12)13/h4,6,8H,1-3H2,(H,9,11)(H,12,13). The van der Waals surface area contributed by atoms with Crippen molar-refractivity contribution >= 4 is 11.9 Å². The summed E-state index contributed by atoms with van der Waals surface area (Å²) in [5.74, 6) is -1.48. The number of carboxylic acid groups (broad SMARTS) is 1. The Kier molecular flexibility index (Phi) is 1.93. The number of fused-ring (bicyclic) bond motifs is 1. The molecule has 2 aliphatic rings. The fourth-order valence-corrected chi connectivity index (χ4v) is 1.72. The van der Waals surface area contributed by atoms with Crippen molar-refractivity contribution in [1.29, 1.82) is 0 Å². The van der Waals surface area contributed by atoms with Gasteiger partial charge in [-0.15, -0.1) is 0 Å². The van der Waals surface area contributed by atoms with E-state index in [4.69, 9.17) is 5.11 Å². The average Bonchev–Trinajstić information content (AvgIpc) is 2.46. The second kappa shape index (κ2) is 2.97. The minimum absolute atomic E-state index is 0.0730. The largest absolute Gasteiger partial charge is 0.481 e. The molecule has 3 N–H and O–H groups in total. The fraction of sp³-hybridized carbons (Fsp3) is 0.714. The molecule has 0 saturated carbocycles. The Labute approximate surface area is 74.9 Å². The van der Waals surface area contributed by atoms with Crippen LogP contribution < -0.4 is 10.7 Å². The number of hydrogen-bond acceptors (Lipinski definition) is 4. The molecule has 0 radical (unpaired) electrons. The third-order valence-corrected chi connectivity index (χ3v) is 2.44. The maximum absolute atomic E-state index is 11.0. The third-order valence-electron chi connectivity index (χ3n) is 2.44. The van der Waals surface area contributed by atoms with Crippen molar-refractivity contribution < 1.29 is 14.7 Å². The topological polar surface area (TPSA) is 81.7 Å². The number of nitrogens with one attached hydrogen (secondary N) is 2. The fourth-order valence-electron chi connectivity index (χ4n) is 1.72. The van der Waals surface area contributed by atoms with Gasteiger partial charge in [0.2, 0.25) is 5.91 Å². The van der Waals surface area contributed by atoms with Crippen molar-refractivity contribution in [3.8, 4) is 0 Å². The molecule has 2 aliphatic heterocycles. The molecule has 0 aromatic carbocycles. The molecule has 2 saturated heterocycles. The van der Waals surface area contributed by atoms with Crippen LogP contribution in [0, 0.1) is 5.92 Å². The highest BCUT2D eigenvalue weighted by molar-refractivity contribution is 5.79. The van der Waals surface area contributed by atoms with Crippen molar-refractivity contribution in [3.63, 3.8) is 0 Å². The van der Waals surface area contributed by atoms with Gasteiger partial charge in [-0.2, -0.15) is 0 Å². The molecule has 2 fully saturated rings. The first-order valence-corrected chi connectivity index (χ1v) is 4.21. The molecule has 2 atom stereocenters. The van der Waals surface area contributed by atoms with E-state index in [1.807, 2.05) is 0 Å². The van der Waals surface area contributed by atoms with Gasteiger partial charge in [-0.25, -0.2) is 5.01 Å². The van der Waals surface area contributed by atoms with E-state index in [2.05, 4.69) is 10.7 Å². The summed E-state index contributed by atoms with van der Waals surface area (Å²) >= 11 is 0. The van der Waals surface area contributed by atoms with Crippen molar-refractivity contribution in [2.45, 2.75) is 12.6 Å². The summed E-state index contributed by atoms with van der Waals surface area (Å²) in [4.78, 5) is 21.8. The van der Waals surface area contributed by atoms with E-state index in [9.17, 15) is 9.59 Å². The molecule has 2 rings (SSSR count). The maximum atomic E-state index is 11.0. The van der Waals surface area contributed by atoms with Gasteiger partial charge in [0.05, 0.1) is 0 Å². The van der Waals surface area contributed by atoms with Crippen LogP contribution in [0.1, 0.15) is 6.42 Å². The van der Waals surface area contributed by atoms with Gasteiger partial charge < -0.3 is 10.4 Å². The van der Waals surface area contributed by atoms with Gasteiger partial charge in [-0.1, -0.05) is 0 Å². The van der Waals surface area contributed by atoms with Crippen LogP contribution in [0.25, 0.3) is 0 Å². The van der Waals surface area contributed by atoms with Crippen molar-refractivity contribution in [3.05, 3.63) is 0 Å². The number of carbonyl (C=O) groups is 2. The smallest absolute Gasteiger partial charge is 0.311 e. The lowest BCUT2D eigenvalue weighted by atomic mass is 10.1. The van der Waals surface area contributed by atoms with Crippen LogP contribution in [-0.2, 0) is 9.59 Å². The summed E-state index contributed by atoms with van der Waals surface area (Å²) in [5.41, 5.74) is 2.95. The third kappa shape index (κ3) is 1.38. The van der Waals surface area contributed by atoms with Crippen LogP contribution in [0.4, 0.5) is 0 Å². The molecule has 6 heteroatoms. The Morgan fingerprint density at radius 1 is 1.62 bits per heavy atom. The number of rotatable bonds is 1. The Morgan fingerprint density at radius 2 is 2.38 bits per heavy atom. The van der Waals surface area contributed by atoms with Crippen LogP contribution in [0.2, 0.25) is 0 Å². The van der Waals surface area contributed by atoms with E-state index >= 15 is 0 Å². The zero-order chi connectivity index (χ0) is 9.42. The number of nitrogens with zero attached hydrogens (tertiary/aromatic N) is 1. The van der Waals surface area contributed by atoms with E-state index in [0.717, 1.165) is 0 Å². The quantitative estimate of drug-likeness (QED) is 0.456. The first kappa shape index (κ1) is 8.46. The molecule has 2 heterocycles. The molecule has 72 valence electrons. The minimum Gasteiger partial charge on any atom is -0.481 e. The van der Waals surface area contributed by atoms with Crippen LogP contribution in [0.3, 0.4) is 0 Å². The van der Waals surface area contributed by atoms with E-state index in [1.165, 1.54) is 0 Å². The van der Waals surface area contributed by atoms with E-state index in [1.54, 1.807) is 5.01 Å². The monoisotopic (exact) mass is 185 g/mol. The van der Waals surface area contributed by atoms with Crippen LogP contribution in [0.15, 0.2) is 0 Å². The first-order valence-electron chi connectivity index (χ1n) is 4.21. The molecule has 6 nitrogen and oxygen atoms in total. The highest BCUT2D eigenvalue weighted by atomic mass is 16.4. The molecule has 13 heavy (non-hydrogen) atoms. The first-order chi connectivity index (χ1) is 6.18. The molecule has 2 unspecified atom stereocenters. The molecule has 0 spiro atoms. The van der Waals surface area contributed by atoms with Crippen molar-refractivity contribution in [1.82, 2.24) is 15.8 Å². The second-order valence-electron chi connectivity index (χ2n) is 3.26. The molecule has 0 aliphatic carbocycles. The Hall–Kier alpha value is -1.14. The van der Waals surface area contributed by atoms with E-state index < -0.39 is 11.9 Å². The normalized spacial score (nSPS) is 34.0. The number of amides is 1. The van der Waals surface area contributed by atoms with Gasteiger partial charge in [-0.3, -0.25) is 15.0 Å². The van der Waals surface area contributed by atoms with E-state index in [-0.39, 0.29) is 12.1 Å². The van der Waals surface area contributed by atoms with Gasteiger partial charge >= 0.3 is 5.97 Å². The molecular formula is C7H11N3O3. The van der Waals surface area contributed by atoms with Crippen LogP contribution in [-0.4, -0.2) is 41.2 Å². The molecular weight excluding hydrogens is 174 g/mol. The maximum Gasteiger partial charge on any atom is 0.311 e. The van der Waals surface area contributed by atoms with Crippen molar-refractivity contribution in [2.75, 3.05) is 13.1 Å². The van der Waals surface area contributed by atoms with Crippen LogP contribution in [0.5, 0.6) is 0 Å². The predicted octanol–water partition coefficient (Wildman–Crippen LogP) is -1.65. The second-order valence-corrected chi connectivity index (χ2v) is 3.26.